The summed E-state index contributed by atoms with van der Waals surface area (Å²) in [5.41, 5.74) is 2.62. The topological polar surface area (TPSA) is 53.2 Å². The van der Waals surface area contributed by atoms with Crippen molar-refractivity contribution in [2.45, 2.75) is 18.9 Å². The second kappa shape index (κ2) is 6.74. The van der Waals surface area contributed by atoms with E-state index in [2.05, 4.69) is 6.07 Å². The van der Waals surface area contributed by atoms with E-state index in [1.54, 1.807) is 31.4 Å². The highest BCUT2D eigenvalue weighted by Gasteiger charge is 2.07. The summed E-state index contributed by atoms with van der Waals surface area (Å²) in [5.74, 6) is 0.835. The van der Waals surface area contributed by atoms with E-state index in [1.807, 2.05) is 24.3 Å². The van der Waals surface area contributed by atoms with Gasteiger partial charge in [-0.1, -0.05) is 24.3 Å². The van der Waals surface area contributed by atoms with Gasteiger partial charge in [-0.05, 0) is 48.2 Å². The van der Waals surface area contributed by atoms with Crippen LogP contribution in [0.15, 0.2) is 48.5 Å². The van der Waals surface area contributed by atoms with Crippen LogP contribution < -0.4 is 4.74 Å². The molecule has 0 aromatic heterocycles. The second-order valence-electron chi connectivity index (χ2n) is 4.64. The minimum Gasteiger partial charge on any atom is -0.497 e. The van der Waals surface area contributed by atoms with Crippen LogP contribution in [0.3, 0.4) is 0 Å². The van der Waals surface area contributed by atoms with E-state index in [0.29, 0.717) is 12.0 Å². The quantitative estimate of drug-likeness (QED) is 0.904. The predicted octanol–water partition coefficient (Wildman–Crippen LogP) is 3.23. The van der Waals surface area contributed by atoms with Crippen LogP contribution in [0, 0.1) is 11.3 Å². The first-order valence-electron chi connectivity index (χ1n) is 6.54. The van der Waals surface area contributed by atoms with E-state index < -0.39 is 6.10 Å². The van der Waals surface area contributed by atoms with Crippen molar-refractivity contribution in [2.24, 2.45) is 0 Å². The van der Waals surface area contributed by atoms with Crippen molar-refractivity contribution in [1.29, 1.82) is 5.26 Å². The SMILES string of the molecule is COc1ccc(CCC(O)c2ccc(C#N)cc2)cc1. The van der Waals surface area contributed by atoms with Gasteiger partial charge in [-0.2, -0.15) is 5.26 Å². The fourth-order valence-electron chi connectivity index (χ4n) is 2.04. The zero-order valence-electron chi connectivity index (χ0n) is 11.4. The van der Waals surface area contributed by atoms with E-state index >= 15 is 0 Å². The molecule has 3 heteroatoms. The largest absolute Gasteiger partial charge is 0.497 e. The molecular formula is C17H17NO2. The van der Waals surface area contributed by atoms with Crippen LogP contribution in [-0.2, 0) is 6.42 Å². The molecule has 3 nitrogen and oxygen atoms in total. The number of aliphatic hydroxyl groups excluding tert-OH is 1. The van der Waals surface area contributed by atoms with Gasteiger partial charge in [0.2, 0.25) is 0 Å². The number of aryl methyl sites for hydroxylation is 1. The normalized spacial score (nSPS) is 11.7. The Hall–Kier alpha value is -2.31. The van der Waals surface area contributed by atoms with E-state index in [0.717, 1.165) is 17.7 Å². The Kier molecular flexibility index (Phi) is 4.75. The van der Waals surface area contributed by atoms with Crippen molar-refractivity contribution in [3.8, 4) is 11.8 Å². The van der Waals surface area contributed by atoms with Gasteiger partial charge < -0.3 is 9.84 Å². The van der Waals surface area contributed by atoms with Crippen molar-refractivity contribution in [1.82, 2.24) is 0 Å². The number of nitrogens with zero attached hydrogens (tertiary/aromatic N) is 1. The molecule has 0 amide bonds. The number of nitriles is 1. The lowest BCUT2D eigenvalue weighted by atomic mass is 10.0. The van der Waals surface area contributed by atoms with Gasteiger partial charge in [0, 0.05) is 0 Å². The fraction of sp³-hybridized carbons (Fsp3) is 0.235. The lowest BCUT2D eigenvalue weighted by Crippen LogP contribution is -1.99. The highest BCUT2D eigenvalue weighted by atomic mass is 16.5. The van der Waals surface area contributed by atoms with Crippen molar-refractivity contribution in [3.63, 3.8) is 0 Å². The molecule has 2 aromatic rings. The predicted molar refractivity (Wildman–Crippen MR) is 77.4 cm³/mol. The lowest BCUT2D eigenvalue weighted by Gasteiger charge is -2.11. The third kappa shape index (κ3) is 3.59. The standard InChI is InChI=1S/C17H17NO2/c1-20-16-9-4-13(5-10-16)6-11-17(19)15-7-2-14(12-18)3-8-15/h2-5,7-10,17,19H,6,11H2,1H3. The zero-order chi connectivity index (χ0) is 14.4. The van der Waals surface area contributed by atoms with Crippen molar-refractivity contribution in [3.05, 3.63) is 65.2 Å². The molecule has 20 heavy (non-hydrogen) atoms. The van der Waals surface area contributed by atoms with E-state index in [1.165, 1.54) is 5.56 Å². The molecule has 1 atom stereocenters. The van der Waals surface area contributed by atoms with Gasteiger partial charge in [0.1, 0.15) is 5.75 Å². The molecule has 0 bridgehead atoms. The van der Waals surface area contributed by atoms with Crippen LogP contribution in [0.25, 0.3) is 0 Å². The summed E-state index contributed by atoms with van der Waals surface area (Å²) in [6, 6.07) is 17.0. The van der Waals surface area contributed by atoms with Gasteiger partial charge in [-0.15, -0.1) is 0 Å². The molecule has 102 valence electrons. The highest BCUT2D eigenvalue weighted by molar-refractivity contribution is 5.32. The summed E-state index contributed by atoms with van der Waals surface area (Å²) in [6.07, 6.45) is 0.938. The summed E-state index contributed by atoms with van der Waals surface area (Å²) in [4.78, 5) is 0. The number of hydrogen-bond donors (Lipinski definition) is 1. The molecule has 0 saturated carbocycles. The number of benzene rings is 2. The molecule has 2 rings (SSSR count). The van der Waals surface area contributed by atoms with Gasteiger partial charge in [0.25, 0.3) is 0 Å². The molecule has 1 unspecified atom stereocenters. The maximum atomic E-state index is 10.1. The average molecular weight is 267 g/mol. The fourth-order valence-corrected chi connectivity index (χ4v) is 2.04. The smallest absolute Gasteiger partial charge is 0.118 e. The Morgan fingerprint density at radius 3 is 2.30 bits per heavy atom. The number of aliphatic hydroxyl groups is 1. The molecule has 0 radical (unpaired) electrons. The van der Waals surface area contributed by atoms with Gasteiger partial charge in [0.05, 0.1) is 24.8 Å². The van der Waals surface area contributed by atoms with E-state index in [-0.39, 0.29) is 0 Å². The Labute approximate surface area is 119 Å². The average Bonchev–Trinajstić information content (AvgIpc) is 2.53. The third-order valence-electron chi connectivity index (χ3n) is 3.29. The van der Waals surface area contributed by atoms with Crippen molar-refractivity contribution >= 4 is 0 Å². The Balaban J connectivity index is 1.93. The number of hydrogen-bond acceptors (Lipinski definition) is 3. The summed E-state index contributed by atoms with van der Waals surface area (Å²) < 4.78 is 5.11. The summed E-state index contributed by atoms with van der Waals surface area (Å²) in [7, 11) is 1.64. The molecule has 0 aliphatic rings. The van der Waals surface area contributed by atoms with Gasteiger partial charge in [0.15, 0.2) is 0 Å². The summed E-state index contributed by atoms with van der Waals surface area (Å²) >= 11 is 0. The molecular weight excluding hydrogens is 250 g/mol. The number of ether oxygens (including phenoxy) is 1. The third-order valence-corrected chi connectivity index (χ3v) is 3.29. The minimum absolute atomic E-state index is 0.509. The van der Waals surface area contributed by atoms with Crippen LogP contribution in [0.1, 0.15) is 29.2 Å². The Morgan fingerprint density at radius 2 is 1.75 bits per heavy atom. The first-order chi connectivity index (χ1) is 9.72. The molecule has 0 heterocycles. The van der Waals surface area contributed by atoms with Crippen LogP contribution >= 0.6 is 0 Å². The van der Waals surface area contributed by atoms with Crippen LogP contribution in [0.5, 0.6) is 5.75 Å². The molecule has 0 fully saturated rings. The number of methoxy groups -OCH3 is 1. The molecule has 0 spiro atoms. The van der Waals surface area contributed by atoms with Crippen molar-refractivity contribution < 1.29 is 9.84 Å². The minimum atomic E-state index is -0.509. The van der Waals surface area contributed by atoms with Gasteiger partial charge in [-0.25, -0.2) is 0 Å². The second-order valence-corrected chi connectivity index (χ2v) is 4.64. The summed E-state index contributed by atoms with van der Waals surface area (Å²) in [5, 5.41) is 18.9. The van der Waals surface area contributed by atoms with Gasteiger partial charge in [-0.3, -0.25) is 0 Å². The van der Waals surface area contributed by atoms with Crippen LogP contribution in [-0.4, -0.2) is 12.2 Å². The molecule has 2 aromatic carbocycles. The molecule has 0 saturated heterocycles. The Bertz CT molecular complexity index is 582. The van der Waals surface area contributed by atoms with Crippen molar-refractivity contribution in [2.75, 3.05) is 7.11 Å². The van der Waals surface area contributed by atoms with E-state index in [4.69, 9.17) is 10.00 Å². The molecule has 1 N–H and O–H groups in total. The first kappa shape index (κ1) is 14.1. The lowest BCUT2D eigenvalue weighted by molar-refractivity contribution is 0.168. The van der Waals surface area contributed by atoms with Gasteiger partial charge >= 0.3 is 0 Å². The van der Waals surface area contributed by atoms with Crippen LogP contribution in [0.4, 0.5) is 0 Å². The Morgan fingerprint density at radius 1 is 1.10 bits per heavy atom. The maximum Gasteiger partial charge on any atom is 0.118 e. The molecule has 0 aliphatic heterocycles. The van der Waals surface area contributed by atoms with Crippen LogP contribution in [0.2, 0.25) is 0 Å². The first-order valence-corrected chi connectivity index (χ1v) is 6.54. The maximum absolute atomic E-state index is 10.1. The monoisotopic (exact) mass is 267 g/mol. The molecule has 0 aliphatic carbocycles. The zero-order valence-corrected chi connectivity index (χ0v) is 11.4. The summed E-state index contributed by atoms with van der Waals surface area (Å²) in [6.45, 7) is 0. The number of rotatable bonds is 5. The van der Waals surface area contributed by atoms with E-state index in [9.17, 15) is 5.11 Å². The highest BCUT2D eigenvalue weighted by Crippen LogP contribution is 2.20.